The molecule has 2 heteroatoms. The molecule has 0 aliphatic heterocycles. The Morgan fingerprint density at radius 3 is 1.78 bits per heavy atom. The topological polar surface area (TPSA) is 9.23 Å². The molecular formula is C16H19BO. The molecule has 0 aliphatic rings. The Morgan fingerprint density at radius 1 is 0.889 bits per heavy atom. The highest BCUT2D eigenvalue weighted by Crippen LogP contribution is 2.00. The number of rotatable bonds is 4. The Kier molecular flexibility index (Phi) is 4.21. The Bertz CT molecular complexity index is 477. The molecule has 0 radical (unpaired) electrons. The first kappa shape index (κ1) is 12.9. The molecule has 0 N–H and O–H groups in total. The van der Waals surface area contributed by atoms with E-state index < -0.39 is 0 Å². The van der Waals surface area contributed by atoms with Crippen molar-refractivity contribution in [1.29, 1.82) is 0 Å². The van der Waals surface area contributed by atoms with Crippen LogP contribution < -0.4 is 10.9 Å². The van der Waals surface area contributed by atoms with E-state index in [0.717, 1.165) is 0 Å². The van der Waals surface area contributed by atoms with Crippen LogP contribution in [0.5, 0.6) is 0 Å². The number of benzene rings is 2. The van der Waals surface area contributed by atoms with Crippen LogP contribution in [0.15, 0.2) is 48.5 Å². The third kappa shape index (κ3) is 3.02. The zero-order valence-electron chi connectivity index (χ0n) is 11.3. The molecule has 0 saturated carbocycles. The molecule has 92 valence electrons. The van der Waals surface area contributed by atoms with Crippen LogP contribution in [0.4, 0.5) is 0 Å². The maximum absolute atomic E-state index is 5.92. The van der Waals surface area contributed by atoms with E-state index in [4.69, 9.17) is 4.65 Å². The predicted molar refractivity (Wildman–Crippen MR) is 79.0 cm³/mol. The molecule has 0 unspecified atom stereocenters. The summed E-state index contributed by atoms with van der Waals surface area (Å²) in [5.41, 5.74) is 4.99. The van der Waals surface area contributed by atoms with Crippen molar-refractivity contribution in [3.05, 3.63) is 59.7 Å². The Hall–Kier alpha value is -1.54. The molecule has 0 heterocycles. The molecule has 0 aromatic heterocycles. The summed E-state index contributed by atoms with van der Waals surface area (Å²) in [4.78, 5) is 0. The molecule has 2 aromatic carbocycles. The van der Waals surface area contributed by atoms with E-state index in [0.29, 0.717) is 6.61 Å². The second kappa shape index (κ2) is 5.88. The van der Waals surface area contributed by atoms with Crippen LogP contribution >= 0.6 is 0 Å². The molecule has 2 aromatic rings. The lowest BCUT2D eigenvalue weighted by molar-refractivity contribution is 0.358. The van der Waals surface area contributed by atoms with Crippen LogP contribution in [-0.4, -0.2) is 13.5 Å². The minimum absolute atomic E-state index is 0.0369. The second-order valence-corrected chi connectivity index (χ2v) is 4.66. The monoisotopic (exact) mass is 238 g/mol. The average molecular weight is 238 g/mol. The molecule has 0 saturated heterocycles. The summed E-state index contributed by atoms with van der Waals surface area (Å²) < 4.78 is 5.92. The van der Waals surface area contributed by atoms with Crippen LogP contribution in [0.2, 0.25) is 0 Å². The fraction of sp³-hybridized carbons (Fsp3) is 0.250. The zero-order chi connectivity index (χ0) is 13.0. The van der Waals surface area contributed by atoms with Gasteiger partial charge >= 0.3 is 6.92 Å². The van der Waals surface area contributed by atoms with Crippen LogP contribution in [0.1, 0.15) is 18.1 Å². The summed E-state index contributed by atoms with van der Waals surface area (Å²) in [5.74, 6) is 0. The molecule has 2 rings (SSSR count). The van der Waals surface area contributed by atoms with Crippen molar-refractivity contribution in [2.24, 2.45) is 0 Å². The fourth-order valence-electron chi connectivity index (χ4n) is 2.22. The summed E-state index contributed by atoms with van der Waals surface area (Å²) >= 11 is 0. The third-order valence-electron chi connectivity index (χ3n) is 3.02. The van der Waals surface area contributed by atoms with E-state index in [1.165, 1.54) is 22.1 Å². The molecule has 0 aliphatic carbocycles. The smallest absolute Gasteiger partial charge is 0.361 e. The Labute approximate surface area is 110 Å². The number of aryl methyl sites for hydroxylation is 2. The molecule has 0 atom stereocenters. The summed E-state index contributed by atoms with van der Waals surface area (Å²) in [5, 5.41) is 0. The molecule has 18 heavy (non-hydrogen) atoms. The second-order valence-electron chi connectivity index (χ2n) is 4.66. The molecule has 0 amide bonds. The van der Waals surface area contributed by atoms with Gasteiger partial charge in [0.2, 0.25) is 0 Å². The molecule has 1 nitrogen and oxygen atoms in total. The van der Waals surface area contributed by atoms with E-state index in [9.17, 15) is 0 Å². The largest absolute Gasteiger partial charge is 0.427 e. The summed E-state index contributed by atoms with van der Waals surface area (Å²) in [6.07, 6.45) is 0. The lowest BCUT2D eigenvalue weighted by Crippen LogP contribution is -2.45. The number of hydrogen-bond donors (Lipinski definition) is 0. The van der Waals surface area contributed by atoms with Crippen molar-refractivity contribution in [3.63, 3.8) is 0 Å². The lowest BCUT2D eigenvalue weighted by atomic mass is 9.55. The normalized spacial score (nSPS) is 10.4. The van der Waals surface area contributed by atoms with Crippen molar-refractivity contribution in [1.82, 2.24) is 0 Å². The average Bonchev–Trinajstić information content (AvgIpc) is 2.36. The van der Waals surface area contributed by atoms with Crippen molar-refractivity contribution in [2.75, 3.05) is 6.61 Å². The van der Waals surface area contributed by atoms with Gasteiger partial charge < -0.3 is 4.65 Å². The maximum Gasteiger partial charge on any atom is 0.361 e. The molecular weight excluding hydrogens is 219 g/mol. The van der Waals surface area contributed by atoms with Gasteiger partial charge in [0.15, 0.2) is 0 Å². The summed E-state index contributed by atoms with van der Waals surface area (Å²) in [6.45, 7) is 7.02. The van der Waals surface area contributed by atoms with Crippen LogP contribution in [0.3, 0.4) is 0 Å². The van der Waals surface area contributed by atoms with E-state index in [1.807, 2.05) is 6.92 Å². The Balaban J connectivity index is 2.39. The first-order valence-electron chi connectivity index (χ1n) is 6.45. The maximum atomic E-state index is 5.92. The van der Waals surface area contributed by atoms with Crippen LogP contribution in [-0.2, 0) is 4.65 Å². The van der Waals surface area contributed by atoms with Crippen molar-refractivity contribution < 1.29 is 4.65 Å². The zero-order valence-corrected chi connectivity index (χ0v) is 11.3. The van der Waals surface area contributed by atoms with Gasteiger partial charge in [-0.05, 0) is 31.7 Å². The molecule has 0 fully saturated rings. The van der Waals surface area contributed by atoms with Gasteiger partial charge in [0.05, 0.1) is 0 Å². The first-order valence-corrected chi connectivity index (χ1v) is 6.45. The van der Waals surface area contributed by atoms with Crippen LogP contribution in [0, 0.1) is 13.8 Å². The first-order chi connectivity index (χ1) is 8.70. The fourth-order valence-corrected chi connectivity index (χ4v) is 2.22. The van der Waals surface area contributed by atoms with Gasteiger partial charge in [-0.25, -0.2) is 0 Å². The third-order valence-corrected chi connectivity index (χ3v) is 3.02. The predicted octanol–water partition coefficient (Wildman–Crippen LogP) is 2.45. The van der Waals surface area contributed by atoms with Crippen molar-refractivity contribution in [2.45, 2.75) is 20.8 Å². The highest BCUT2D eigenvalue weighted by atomic mass is 16.4. The van der Waals surface area contributed by atoms with E-state index >= 15 is 0 Å². The van der Waals surface area contributed by atoms with Gasteiger partial charge in [-0.1, -0.05) is 59.7 Å². The molecule has 0 spiro atoms. The summed E-state index contributed by atoms with van der Waals surface area (Å²) in [6, 6.07) is 17.1. The van der Waals surface area contributed by atoms with Gasteiger partial charge in [-0.15, -0.1) is 0 Å². The minimum atomic E-state index is 0.0369. The van der Waals surface area contributed by atoms with E-state index in [1.54, 1.807) is 0 Å². The highest BCUT2D eigenvalue weighted by molar-refractivity contribution is 6.80. The van der Waals surface area contributed by atoms with Crippen LogP contribution in [0.25, 0.3) is 0 Å². The van der Waals surface area contributed by atoms with Crippen molar-refractivity contribution in [3.8, 4) is 0 Å². The van der Waals surface area contributed by atoms with Gasteiger partial charge in [0.1, 0.15) is 0 Å². The number of hydrogen-bond acceptors (Lipinski definition) is 1. The van der Waals surface area contributed by atoms with Gasteiger partial charge in [0, 0.05) is 6.61 Å². The van der Waals surface area contributed by atoms with E-state index in [-0.39, 0.29) is 6.92 Å². The quantitative estimate of drug-likeness (QED) is 0.743. The Morgan fingerprint density at radius 2 is 1.39 bits per heavy atom. The van der Waals surface area contributed by atoms with E-state index in [2.05, 4.69) is 62.4 Å². The SMILES string of the molecule is CCOB(c1cccc(C)c1)c1cccc(C)c1. The van der Waals surface area contributed by atoms with Crippen molar-refractivity contribution >= 4 is 17.8 Å². The standard InChI is InChI=1S/C16H19BO/c1-4-18-17(15-9-5-7-13(2)11-15)16-10-6-8-14(3)12-16/h5-12H,4H2,1-3H3. The highest BCUT2D eigenvalue weighted by Gasteiger charge is 2.20. The molecule has 0 bridgehead atoms. The summed E-state index contributed by atoms with van der Waals surface area (Å²) in [7, 11) is 0. The van der Waals surface area contributed by atoms with Gasteiger partial charge in [0.25, 0.3) is 0 Å². The van der Waals surface area contributed by atoms with Gasteiger partial charge in [-0.3, -0.25) is 0 Å². The lowest BCUT2D eigenvalue weighted by Gasteiger charge is -2.15. The van der Waals surface area contributed by atoms with Gasteiger partial charge in [-0.2, -0.15) is 0 Å². The minimum Gasteiger partial charge on any atom is -0.427 e.